The van der Waals surface area contributed by atoms with Crippen LogP contribution in [0.15, 0.2) is 16.6 Å². The minimum Gasteiger partial charge on any atom is -0.497 e. The molecule has 1 rings (SSSR count). The van der Waals surface area contributed by atoms with Crippen LogP contribution in [0.3, 0.4) is 0 Å². The zero-order valence-corrected chi connectivity index (χ0v) is 10.2. The van der Waals surface area contributed by atoms with Crippen LogP contribution in [0.1, 0.15) is 11.7 Å². The van der Waals surface area contributed by atoms with Crippen LogP contribution in [0.25, 0.3) is 0 Å². The number of aliphatic hydroxyl groups is 1. The molecule has 0 fully saturated rings. The molecule has 4 nitrogen and oxygen atoms in total. The van der Waals surface area contributed by atoms with Crippen molar-refractivity contribution in [1.82, 2.24) is 0 Å². The van der Waals surface area contributed by atoms with Crippen LogP contribution in [0.2, 0.25) is 0 Å². The second-order valence-electron chi connectivity index (χ2n) is 2.98. The number of halogens is 1. The highest BCUT2D eigenvalue weighted by molar-refractivity contribution is 9.10. The van der Waals surface area contributed by atoms with E-state index in [0.29, 0.717) is 17.1 Å². The summed E-state index contributed by atoms with van der Waals surface area (Å²) in [6.45, 7) is 0.140. The summed E-state index contributed by atoms with van der Waals surface area (Å²) in [4.78, 5) is 0. The smallest absolute Gasteiger partial charge is 0.129 e. The zero-order valence-electron chi connectivity index (χ0n) is 8.66. The third kappa shape index (κ3) is 2.62. The number of hydrogen-bond acceptors (Lipinski definition) is 4. The van der Waals surface area contributed by atoms with E-state index in [1.807, 2.05) is 0 Å². The molecule has 84 valence electrons. The summed E-state index contributed by atoms with van der Waals surface area (Å²) < 4.78 is 11.0. The predicted octanol–water partition coefficient (Wildman–Crippen LogP) is 1.46. The molecule has 1 atom stereocenters. The Morgan fingerprint density at radius 3 is 2.53 bits per heavy atom. The number of ether oxygens (including phenoxy) is 2. The van der Waals surface area contributed by atoms with Crippen molar-refractivity contribution < 1.29 is 14.6 Å². The summed E-state index contributed by atoms with van der Waals surface area (Å²) in [6, 6.07) is 3.47. The van der Waals surface area contributed by atoms with Crippen LogP contribution in [0.4, 0.5) is 0 Å². The van der Waals surface area contributed by atoms with E-state index in [1.165, 1.54) is 7.11 Å². The van der Waals surface area contributed by atoms with Crippen molar-refractivity contribution >= 4 is 15.9 Å². The Hall–Kier alpha value is -0.780. The third-order valence-corrected chi connectivity index (χ3v) is 2.73. The topological polar surface area (TPSA) is 64.7 Å². The first-order chi connectivity index (χ1) is 7.13. The Morgan fingerprint density at radius 2 is 2.07 bits per heavy atom. The molecule has 0 aliphatic rings. The molecule has 0 aromatic heterocycles. The minimum absolute atomic E-state index is 0.140. The summed E-state index contributed by atoms with van der Waals surface area (Å²) in [5.74, 6) is 1.21. The van der Waals surface area contributed by atoms with Gasteiger partial charge in [-0.05, 0) is 6.07 Å². The fourth-order valence-corrected chi connectivity index (χ4v) is 1.98. The van der Waals surface area contributed by atoms with Crippen LogP contribution in [-0.2, 0) is 0 Å². The summed E-state index contributed by atoms with van der Waals surface area (Å²) >= 11 is 3.35. The SMILES string of the molecule is COc1cc(Br)c([C@@H](O)CN)c(OC)c1. The highest BCUT2D eigenvalue weighted by atomic mass is 79.9. The lowest BCUT2D eigenvalue weighted by molar-refractivity contribution is 0.181. The molecule has 0 saturated heterocycles. The summed E-state index contributed by atoms with van der Waals surface area (Å²) in [7, 11) is 3.11. The van der Waals surface area contributed by atoms with Crippen LogP contribution >= 0.6 is 15.9 Å². The van der Waals surface area contributed by atoms with Gasteiger partial charge in [0.2, 0.25) is 0 Å². The van der Waals surface area contributed by atoms with Crippen molar-refractivity contribution in [1.29, 1.82) is 0 Å². The number of nitrogens with two attached hydrogens (primary N) is 1. The Labute approximate surface area is 97.1 Å². The van der Waals surface area contributed by atoms with Gasteiger partial charge in [0.25, 0.3) is 0 Å². The van der Waals surface area contributed by atoms with Crippen molar-refractivity contribution in [3.05, 3.63) is 22.2 Å². The molecule has 0 aliphatic heterocycles. The molecule has 0 bridgehead atoms. The lowest BCUT2D eigenvalue weighted by Gasteiger charge is -2.16. The van der Waals surface area contributed by atoms with E-state index in [-0.39, 0.29) is 6.54 Å². The number of aliphatic hydroxyl groups excluding tert-OH is 1. The van der Waals surface area contributed by atoms with Crippen molar-refractivity contribution in [3.63, 3.8) is 0 Å². The molecule has 0 radical (unpaired) electrons. The van der Waals surface area contributed by atoms with E-state index in [4.69, 9.17) is 15.2 Å². The van der Waals surface area contributed by atoms with Gasteiger partial charge in [0.15, 0.2) is 0 Å². The van der Waals surface area contributed by atoms with Crippen LogP contribution in [0.5, 0.6) is 11.5 Å². The molecule has 0 heterocycles. The fraction of sp³-hybridized carbons (Fsp3) is 0.400. The van der Waals surface area contributed by atoms with Crippen LogP contribution in [-0.4, -0.2) is 25.9 Å². The van der Waals surface area contributed by atoms with Gasteiger partial charge in [-0.1, -0.05) is 15.9 Å². The second-order valence-corrected chi connectivity index (χ2v) is 3.83. The molecule has 0 unspecified atom stereocenters. The van der Waals surface area contributed by atoms with E-state index >= 15 is 0 Å². The van der Waals surface area contributed by atoms with E-state index in [0.717, 1.165) is 4.47 Å². The average Bonchev–Trinajstić information content (AvgIpc) is 2.26. The highest BCUT2D eigenvalue weighted by Gasteiger charge is 2.17. The molecule has 0 amide bonds. The molecular weight excluding hydrogens is 262 g/mol. The van der Waals surface area contributed by atoms with Gasteiger partial charge in [-0.25, -0.2) is 0 Å². The maximum absolute atomic E-state index is 9.71. The summed E-state index contributed by atoms with van der Waals surface area (Å²) in [6.07, 6.45) is -0.750. The lowest BCUT2D eigenvalue weighted by atomic mass is 10.1. The van der Waals surface area contributed by atoms with Gasteiger partial charge in [-0.15, -0.1) is 0 Å². The Morgan fingerprint density at radius 1 is 1.40 bits per heavy atom. The summed E-state index contributed by atoms with van der Waals surface area (Å²) in [5.41, 5.74) is 6.05. The van der Waals surface area contributed by atoms with Gasteiger partial charge in [0, 0.05) is 22.6 Å². The molecule has 0 spiro atoms. The molecule has 1 aromatic rings. The first kappa shape index (κ1) is 12.3. The molecule has 15 heavy (non-hydrogen) atoms. The largest absolute Gasteiger partial charge is 0.497 e. The van der Waals surface area contributed by atoms with Gasteiger partial charge in [-0.3, -0.25) is 0 Å². The van der Waals surface area contributed by atoms with Gasteiger partial charge in [0.05, 0.1) is 20.3 Å². The maximum Gasteiger partial charge on any atom is 0.129 e. The molecule has 3 N–H and O–H groups in total. The van der Waals surface area contributed by atoms with Gasteiger partial charge in [0.1, 0.15) is 11.5 Å². The van der Waals surface area contributed by atoms with E-state index in [2.05, 4.69) is 15.9 Å². The number of hydrogen-bond donors (Lipinski definition) is 2. The zero-order chi connectivity index (χ0) is 11.4. The first-order valence-corrected chi connectivity index (χ1v) is 5.22. The standard InChI is InChI=1S/C10H14BrNO3/c1-14-6-3-7(11)10(8(13)5-12)9(4-6)15-2/h3-4,8,13H,5,12H2,1-2H3/t8-/m0/s1. The Balaban J connectivity index is 3.24. The van der Waals surface area contributed by atoms with Crippen molar-refractivity contribution in [3.8, 4) is 11.5 Å². The molecule has 1 aromatic carbocycles. The van der Waals surface area contributed by atoms with Gasteiger partial charge < -0.3 is 20.3 Å². The highest BCUT2D eigenvalue weighted by Crippen LogP contribution is 2.36. The molecule has 5 heteroatoms. The molecular formula is C10H14BrNO3. The van der Waals surface area contributed by atoms with E-state index in [1.54, 1.807) is 19.2 Å². The molecule has 0 aliphatic carbocycles. The molecule has 0 saturated carbocycles. The lowest BCUT2D eigenvalue weighted by Crippen LogP contribution is -2.13. The average molecular weight is 276 g/mol. The monoisotopic (exact) mass is 275 g/mol. The number of rotatable bonds is 4. The van der Waals surface area contributed by atoms with Crippen LogP contribution in [0, 0.1) is 0 Å². The minimum atomic E-state index is -0.750. The third-order valence-electron chi connectivity index (χ3n) is 2.08. The van der Waals surface area contributed by atoms with Crippen molar-refractivity contribution in [2.24, 2.45) is 5.73 Å². The maximum atomic E-state index is 9.71. The van der Waals surface area contributed by atoms with Gasteiger partial charge in [-0.2, -0.15) is 0 Å². The van der Waals surface area contributed by atoms with E-state index in [9.17, 15) is 5.11 Å². The number of methoxy groups -OCH3 is 2. The fourth-order valence-electron chi connectivity index (χ4n) is 1.30. The van der Waals surface area contributed by atoms with Crippen molar-refractivity contribution in [2.45, 2.75) is 6.10 Å². The van der Waals surface area contributed by atoms with Crippen molar-refractivity contribution in [2.75, 3.05) is 20.8 Å². The van der Waals surface area contributed by atoms with Gasteiger partial charge >= 0.3 is 0 Å². The predicted molar refractivity (Wildman–Crippen MR) is 61.3 cm³/mol. The first-order valence-electron chi connectivity index (χ1n) is 4.43. The normalized spacial score (nSPS) is 12.3. The Kier molecular flexibility index (Phi) is 4.38. The van der Waals surface area contributed by atoms with Crippen LogP contribution < -0.4 is 15.2 Å². The second kappa shape index (κ2) is 5.34. The Bertz CT molecular complexity index is 344. The number of benzene rings is 1. The quantitative estimate of drug-likeness (QED) is 0.873. The van der Waals surface area contributed by atoms with E-state index < -0.39 is 6.10 Å². The summed E-state index contributed by atoms with van der Waals surface area (Å²) in [5, 5.41) is 9.71.